The number of rotatable bonds is 4. The van der Waals surface area contributed by atoms with Gasteiger partial charge in [-0.15, -0.1) is 0 Å². The van der Waals surface area contributed by atoms with E-state index in [0.717, 1.165) is 6.42 Å². The van der Waals surface area contributed by atoms with Gasteiger partial charge in [-0.2, -0.15) is 0 Å². The maximum atomic E-state index is 12.1. The van der Waals surface area contributed by atoms with E-state index >= 15 is 0 Å². The van der Waals surface area contributed by atoms with Gasteiger partial charge < -0.3 is 15.2 Å². The van der Waals surface area contributed by atoms with E-state index < -0.39 is 17.4 Å². The molecule has 1 aliphatic rings. The van der Waals surface area contributed by atoms with Crippen molar-refractivity contribution in [2.45, 2.75) is 52.7 Å². The Labute approximate surface area is 108 Å². The Morgan fingerprint density at radius 3 is 2.50 bits per heavy atom. The number of amides is 1. The molecule has 0 aromatic rings. The van der Waals surface area contributed by atoms with Gasteiger partial charge in [0.05, 0.1) is 12.0 Å². The van der Waals surface area contributed by atoms with Crippen LogP contribution in [0.3, 0.4) is 0 Å². The van der Waals surface area contributed by atoms with Crippen LogP contribution in [0.4, 0.5) is 0 Å². The third-order valence-corrected chi connectivity index (χ3v) is 3.35. The Morgan fingerprint density at radius 1 is 1.44 bits per heavy atom. The van der Waals surface area contributed by atoms with Gasteiger partial charge in [0.15, 0.2) is 0 Å². The number of hydrogen-bond donors (Lipinski definition) is 2. The maximum absolute atomic E-state index is 12.1. The molecule has 0 aromatic carbocycles. The lowest BCUT2D eigenvalue weighted by atomic mass is 9.86. The number of ether oxygens (including phenoxy) is 1. The molecule has 5 heteroatoms. The summed E-state index contributed by atoms with van der Waals surface area (Å²) in [5, 5.41) is 11.8. The van der Waals surface area contributed by atoms with Crippen LogP contribution in [0.2, 0.25) is 0 Å². The molecule has 0 saturated carbocycles. The highest BCUT2D eigenvalue weighted by atomic mass is 16.5. The van der Waals surface area contributed by atoms with Crippen LogP contribution in [0.1, 0.15) is 40.5 Å². The first-order valence-electron chi connectivity index (χ1n) is 6.42. The van der Waals surface area contributed by atoms with Gasteiger partial charge in [0.2, 0.25) is 5.91 Å². The van der Waals surface area contributed by atoms with Crippen molar-refractivity contribution in [3.63, 3.8) is 0 Å². The first-order chi connectivity index (χ1) is 8.27. The topological polar surface area (TPSA) is 75.6 Å². The number of aliphatic carboxylic acids is 1. The summed E-state index contributed by atoms with van der Waals surface area (Å²) < 4.78 is 5.46. The van der Waals surface area contributed by atoms with Crippen molar-refractivity contribution >= 4 is 11.9 Å². The highest BCUT2D eigenvalue weighted by Crippen LogP contribution is 2.25. The number of carbonyl (C=O) groups excluding carboxylic acids is 1. The van der Waals surface area contributed by atoms with Crippen molar-refractivity contribution in [2.24, 2.45) is 11.3 Å². The largest absolute Gasteiger partial charge is 0.480 e. The van der Waals surface area contributed by atoms with Gasteiger partial charge in [-0.1, -0.05) is 27.7 Å². The maximum Gasteiger partial charge on any atom is 0.326 e. The van der Waals surface area contributed by atoms with Gasteiger partial charge in [-0.05, 0) is 18.3 Å². The molecule has 2 unspecified atom stereocenters. The summed E-state index contributed by atoms with van der Waals surface area (Å²) >= 11 is 0. The Bertz CT molecular complexity index is 321. The van der Waals surface area contributed by atoms with Crippen LogP contribution in [-0.2, 0) is 14.3 Å². The van der Waals surface area contributed by atoms with Gasteiger partial charge >= 0.3 is 5.97 Å². The lowest BCUT2D eigenvalue weighted by molar-refractivity contribution is -0.146. The minimum absolute atomic E-state index is 0.0839. The standard InChI is InChI=1S/C13H23NO4/c1-5-9-8(6-7-18-9)11(15)14-10(12(16)17)13(2,3)4/h8-10H,5-7H2,1-4H3,(H,14,15)(H,16,17)/t8?,9?,10-/m0/s1. The second-order valence-corrected chi connectivity index (χ2v) is 5.86. The predicted molar refractivity (Wildman–Crippen MR) is 67.2 cm³/mol. The fourth-order valence-electron chi connectivity index (χ4n) is 2.25. The monoisotopic (exact) mass is 257 g/mol. The van der Waals surface area contributed by atoms with E-state index in [0.29, 0.717) is 13.0 Å². The summed E-state index contributed by atoms with van der Waals surface area (Å²) in [5.74, 6) is -1.43. The molecule has 0 aliphatic carbocycles. The van der Waals surface area contributed by atoms with Crippen LogP contribution in [0.15, 0.2) is 0 Å². The summed E-state index contributed by atoms with van der Waals surface area (Å²) in [6.07, 6.45) is 1.35. The smallest absolute Gasteiger partial charge is 0.326 e. The van der Waals surface area contributed by atoms with E-state index in [1.165, 1.54) is 0 Å². The quantitative estimate of drug-likeness (QED) is 0.798. The van der Waals surface area contributed by atoms with Crippen LogP contribution in [0.25, 0.3) is 0 Å². The molecule has 0 radical (unpaired) electrons. The number of carboxylic acid groups (broad SMARTS) is 1. The zero-order chi connectivity index (χ0) is 13.9. The van der Waals surface area contributed by atoms with Crippen LogP contribution in [0, 0.1) is 11.3 Å². The van der Waals surface area contributed by atoms with E-state index in [9.17, 15) is 14.7 Å². The van der Waals surface area contributed by atoms with Crippen molar-refractivity contribution in [1.82, 2.24) is 5.32 Å². The van der Waals surface area contributed by atoms with Gasteiger partial charge in [-0.25, -0.2) is 4.79 Å². The molecule has 1 saturated heterocycles. The number of carbonyl (C=O) groups is 2. The molecule has 1 fully saturated rings. The van der Waals surface area contributed by atoms with E-state index in [1.54, 1.807) is 20.8 Å². The average molecular weight is 257 g/mol. The minimum Gasteiger partial charge on any atom is -0.480 e. The first-order valence-corrected chi connectivity index (χ1v) is 6.42. The first kappa shape index (κ1) is 15.0. The third kappa shape index (κ3) is 3.45. The van der Waals surface area contributed by atoms with Crippen molar-refractivity contribution in [3.8, 4) is 0 Å². The third-order valence-electron chi connectivity index (χ3n) is 3.35. The molecule has 18 heavy (non-hydrogen) atoms. The molecule has 1 amide bonds. The second-order valence-electron chi connectivity index (χ2n) is 5.86. The van der Waals surface area contributed by atoms with Gasteiger partial charge in [0.25, 0.3) is 0 Å². The summed E-state index contributed by atoms with van der Waals surface area (Å²) in [6.45, 7) is 7.94. The van der Waals surface area contributed by atoms with Crippen LogP contribution >= 0.6 is 0 Å². The summed E-state index contributed by atoms with van der Waals surface area (Å²) in [6, 6.07) is -0.872. The van der Waals surface area contributed by atoms with Gasteiger partial charge in [0, 0.05) is 6.61 Å². The van der Waals surface area contributed by atoms with Crippen molar-refractivity contribution in [1.29, 1.82) is 0 Å². The highest BCUT2D eigenvalue weighted by molar-refractivity contribution is 5.86. The molecule has 1 heterocycles. The van der Waals surface area contributed by atoms with Crippen LogP contribution < -0.4 is 5.32 Å². The van der Waals surface area contributed by atoms with Crippen molar-refractivity contribution in [3.05, 3.63) is 0 Å². The molecule has 1 aliphatic heterocycles. The summed E-state index contributed by atoms with van der Waals surface area (Å²) in [5.41, 5.74) is -0.511. The predicted octanol–water partition coefficient (Wildman–Crippen LogP) is 1.42. The summed E-state index contributed by atoms with van der Waals surface area (Å²) in [4.78, 5) is 23.3. The second kappa shape index (κ2) is 5.69. The fraction of sp³-hybridized carbons (Fsp3) is 0.846. The molecular weight excluding hydrogens is 234 g/mol. The minimum atomic E-state index is -0.997. The van der Waals surface area contributed by atoms with E-state index in [1.807, 2.05) is 6.92 Å². The van der Waals surface area contributed by atoms with Crippen LogP contribution in [0.5, 0.6) is 0 Å². The van der Waals surface area contributed by atoms with Gasteiger partial charge in [-0.3, -0.25) is 4.79 Å². The highest BCUT2D eigenvalue weighted by Gasteiger charge is 2.38. The normalized spacial score (nSPS) is 25.8. The van der Waals surface area contributed by atoms with E-state index in [4.69, 9.17) is 4.74 Å². The van der Waals surface area contributed by atoms with E-state index in [2.05, 4.69) is 5.32 Å². The Balaban J connectivity index is 2.70. The Morgan fingerprint density at radius 2 is 2.06 bits per heavy atom. The lowest BCUT2D eigenvalue weighted by Gasteiger charge is -2.29. The summed E-state index contributed by atoms with van der Waals surface area (Å²) in [7, 11) is 0. The van der Waals surface area contributed by atoms with Gasteiger partial charge in [0.1, 0.15) is 6.04 Å². The Kier molecular flexibility index (Phi) is 4.73. The van der Waals surface area contributed by atoms with Crippen molar-refractivity contribution in [2.75, 3.05) is 6.61 Å². The molecule has 0 bridgehead atoms. The molecule has 0 aromatic heterocycles. The molecule has 5 nitrogen and oxygen atoms in total. The average Bonchev–Trinajstić information content (AvgIpc) is 2.71. The molecule has 104 valence electrons. The zero-order valence-corrected chi connectivity index (χ0v) is 11.5. The molecular formula is C13H23NO4. The number of hydrogen-bond acceptors (Lipinski definition) is 3. The molecule has 2 N–H and O–H groups in total. The van der Waals surface area contributed by atoms with E-state index in [-0.39, 0.29) is 17.9 Å². The zero-order valence-electron chi connectivity index (χ0n) is 11.5. The lowest BCUT2D eigenvalue weighted by Crippen LogP contribution is -2.51. The number of carboxylic acids is 1. The Hall–Kier alpha value is -1.10. The van der Waals surface area contributed by atoms with Crippen molar-refractivity contribution < 1.29 is 19.4 Å². The molecule has 3 atom stereocenters. The number of nitrogens with one attached hydrogen (secondary N) is 1. The molecule has 1 rings (SSSR count). The fourth-order valence-corrected chi connectivity index (χ4v) is 2.25. The van der Waals surface area contributed by atoms with Crippen LogP contribution in [-0.4, -0.2) is 35.7 Å². The SMILES string of the molecule is CCC1OCCC1C(=O)N[C@@H](C(=O)O)C(C)(C)C. The molecule has 0 spiro atoms.